The highest BCUT2D eigenvalue weighted by Gasteiger charge is 2.31. The maximum absolute atomic E-state index is 13.1. The van der Waals surface area contributed by atoms with Gasteiger partial charge in [-0.2, -0.15) is 4.31 Å². The third kappa shape index (κ3) is 3.21. The molecule has 0 unspecified atom stereocenters. The molecule has 0 amide bonds. The smallest absolute Gasteiger partial charge is 0.244 e. The van der Waals surface area contributed by atoms with Gasteiger partial charge in [0.05, 0.1) is 4.90 Å². The van der Waals surface area contributed by atoms with Gasteiger partial charge in [0.1, 0.15) is 5.82 Å². The van der Waals surface area contributed by atoms with Crippen molar-refractivity contribution in [1.29, 1.82) is 0 Å². The van der Waals surface area contributed by atoms with Crippen molar-refractivity contribution in [3.63, 3.8) is 0 Å². The lowest BCUT2D eigenvalue weighted by molar-refractivity contribution is 0.196. The minimum absolute atomic E-state index is 0.127. The van der Waals surface area contributed by atoms with E-state index < -0.39 is 15.8 Å². The van der Waals surface area contributed by atoms with Crippen LogP contribution in [0.4, 0.5) is 4.39 Å². The number of benzene rings is 1. The number of rotatable bonds is 3. The summed E-state index contributed by atoms with van der Waals surface area (Å²) >= 11 is 3.13. The average molecular weight is 365 g/mol. The van der Waals surface area contributed by atoms with Gasteiger partial charge in [-0.3, -0.25) is 0 Å². The quantitative estimate of drug-likeness (QED) is 0.826. The van der Waals surface area contributed by atoms with E-state index >= 15 is 0 Å². The van der Waals surface area contributed by atoms with Gasteiger partial charge in [0.15, 0.2) is 0 Å². The monoisotopic (exact) mass is 364 g/mol. The zero-order valence-electron chi connectivity index (χ0n) is 11.5. The topological polar surface area (TPSA) is 40.6 Å². The van der Waals surface area contributed by atoms with E-state index in [2.05, 4.69) is 20.8 Å². The van der Waals surface area contributed by atoms with Gasteiger partial charge in [-0.25, -0.2) is 12.8 Å². The van der Waals surface area contributed by atoms with Gasteiger partial charge in [0, 0.05) is 23.6 Å². The van der Waals surface area contributed by atoms with E-state index in [-0.39, 0.29) is 9.37 Å². The van der Waals surface area contributed by atoms with Gasteiger partial charge in [0.2, 0.25) is 10.0 Å². The molecule has 1 heterocycles. The largest absolute Gasteiger partial charge is 0.306 e. The Morgan fingerprint density at radius 1 is 1.30 bits per heavy atom. The molecular formula is C13H18BrFN2O2S. The lowest BCUT2D eigenvalue weighted by Gasteiger charge is -2.34. The SMILES string of the molecule is CN(C)C1CCN(S(=O)(=O)c2ccc(F)cc2Br)CC1. The van der Waals surface area contributed by atoms with Crippen LogP contribution in [0.2, 0.25) is 0 Å². The number of piperidine rings is 1. The Kier molecular flexibility index (Phi) is 4.84. The van der Waals surface area contributed by atoms with Crippen LogP contribution in [0.3, 0.4) is 0 Å². The fraction of sp³-hybridized carbons (Fsp3) is 0.538. The second-order valence-corrected chi connectivity index (χ2v) is 7.93. The molecule has 0 saturated carbocycles. The van der Waals surface area contributed by atoms with Crippen molar-refractivity contribution >= 4 is 26.0 Å². The van der Waals surface area contributed by atoms with Crippen LogP contribution in [-0.2, 0) is 10.0 Å². The molecule has 4 nitrogen and oxygen atoms in total. The maximum Gasteiger partial charge on any atom is 0.244 e. The lowest BCUT2D eigenvalue weighted by atomic mass is 10.1. The molecule has 112 valence electrons. The summed E-state index contributed by atoms with van der Waals surface area (Å²) in [7, 11) is 0.453. The van der Waals surface area contributed by atoms with Crippen LogP contribution in [0.25, 0.3) is 0 Å². The minimum Gasteiger partial charge on any atom is -0.306 e. The van der Waals surface area contributed by atoms with E-state index in [1.54, 1.807) is 0 Å². The third-order valence-electron chi connectivity index (χ3n) is 3.67. The van der Waals surface area contributed by atoms with E-state index in [4.69, 9.17) is 0 Å². The van der Waals surface area contributed by atoms with Gasteiger partial charge < -0.3 is 4.90 Å². The molecule has 0 spiro atoms. The molecular weight excluding hydrogens is 347 g/mol. The van der Waals surface area contributed by atoms with Crippen molar-refractivity contribution in [3.05, 3.63) is 28.5 Å². The molecule has 0 aromatic heterocycles. The first-order valence-electron chi connectivity index (χ1n) is 6.44. The summed E-state index contributed by atoms with van der Waals surface area (Å²) in [5.41, 5.74) is 0. The second-order valence-electron chi connectivity index (χ2n) is 5.17. The van der Waals surface area contributed by atoms with Crippen molar-refractivity contribution in [2.24, 2.45) is 0 Å². The van der Waals surface area contributed by atoms with E-state index in [1.807, 2.05) is 14.1 Å². The molecule has 1 fully saturated rings. The first-order valence-corrected chi connectivity index (χ1v) is 8.67. The highest BCUT2D eigenvalue weighted by molar-refractivity contribution is 9.10. The molecule has 0 bridgehead atoms. The van der Waals surface area contributed by atoms with Crippen molar-refractivity contribution in [1.82, 2.24) is 9.21 Å². The highest BCUT2D eigenvalue weighted by Crippen LogP contribution is 2.28. The molecule has 1 aliphatic rings. The number of halogens is 2. The number of nitrogens with zero attached hydrogens (tertiary/aromatic N) is 2. The van der Waals surface area contributed by atoms with Gasteiger partial charge >= 0.3 is 0 Å². The zero-order chi connectivity index (χ0) is 14.9. The fourth-order valence-corrected chi connectivity index (χ4v) is 4.90. The van der Waals surface area contributed by atoms with Gasteiger partial charge in [0.25, 0.3) is 0 Å². The zero-order valence-corrected chi connectivity index (χ0v) is 13.9. The molecule has 1 saturated heterocycles. The third-order valence-corrected chi connectivity index (χ3v) is 6.54. The Hall–Kier alpha value is -0.500. The van der Waals surface area contributed by atoms with Crippen LogP contribution < -0.4 is 0 Å². The molecule has 1 aliphatic heterocycles. The first-order chi connectivity index (χ1) is 9.32. The van der Waals surface area contributed by atoms with Crippen LogP contribution in [0, 0.1) is 5.82 Å². The van der Waals surface area contributed by atoms with Gasteiger partial charge in [-0.05, 0) is 61.1 Å². The molecule has 20 heavy (non-hydrogen) atoms. The molecule has 2 rings (SSSR count). The van der Waals surface area contributed by atoms with Crippen molar-refractivity contribution in [2.45, 2.75) is 23.8 Å². The summed E-state index contributed by atoms with van der Waals surface area (Å²) in [6.07, 6.45) is 1.62. The van der Waals surface area contributed by atoms with E-state index in [0.29, 0.717) is 19.1 Å². The molecule has 1 aromatic rings. The molecule has 0 atom stereocenters. The van der Waals surface area contributed by atoms with E-state index in [1.165, 1.54) is 22.5 Å². The molecule has 0 N–H and O–H groups in total. The lowest BCUT2D eigenvalue weighted by Crippen LogP contribution is -2.44. The summed E-state index contributed by atoms with van der Waals surface area (Å²) in [5, 5.41) is 0. The minimum atomic E-state index is -3.56. The number of hydrogen-bond acceptors (Lipinski definition) is 3. The van der Waals surface area contributed by atoms with Crippen LogP contribution >= 0.6 is 15.9 Å². The molecule has 0 aliphatic carbocycles. The van der Waals surface area contributed by atoms with Gasteiger partial charge in [-0.15, -0.1) is 0 Å². The van der Waals surface area contributed by atoms with Crippen LogP contribution in [-0.4, -0.2) is 50.8 Å². The Morgan fingerprint density at radius 3 is 2.40 bits per heavy atom. The standard InChI is InChI=1S/C13H18BrFN2O2S/c1-16(2)11-5-7-17(8-6-11)20(18,19)13-4-3-10(15)9-12(13)14/h3-4,9,11H,5-8H2,1-2H3. The maximum atomic E-state index is 13.1. The predicted octanol–water partition coefficient (Wildman–Crippen LogP) is 2.30. The van der Waals surface area contributed by atoms with Crippen molar-refractivity contribution < 1.29 is 12.8 Å². The molecule has 7 heteroatoms. The average Bonchev–Trinajstić information content (AvgIpc) is 2.38. The van der Waals surface area contributed by atoms with Crippen LogP contribution in [0.15, 0.2) is 27.6 Å². The van der Waals surface area contributed by atoms with E-state index in [9.17, 15) is 12.8 Å². The Balaban J connectivity index is 2.20. The van der Waals surface area contributed by atoms with Gasteiger partial charge in [-0.1, -0.05) is 0 Å². The molecule has 0 radical (unpaired) electrons. The fourth-order valence-electron chi connectivity index (χ4n) is 2.42. The second kappa shape index (κ2) is 6.09. The first kappa shape index (κ1) is 15.9. The highest BCUT2D eigenvalue weighted by atomic mass is 79.9. The van der Waals surface area contributed by atoms with E-state index in [0.717, 1.165) is 12.8 Å². The number of sulfonamides is 1. The number of hydrogen-bond donors (Lipinski definition) is 0. The summed E-state index contributed by atoms with van der Waals surface area (Å²) < 4.78 is 39.9. The summed E-state index contributed by atoms with van der Waals surface area (Å²) in [6.45, 7) is 0.990. The summed E-state index contributed by atoms with van der Waals surface area (Å²) in [6, 6.07) is 4.08. The summed E-state index contributed by atoms with van der Waals surface area (Å²) in [4.78, 5) is 2.25. The predicted molar refractivity (Wildman–Crippen MR) is 79.6 cm³/mol. The van der Waals surface area contributed by atoms with Crippen LogP contribution in [0.5, 0.6) is 0 Å². The van der Waals surface area contributed by atoms with Crippen molar-refractivity contribution in [3.8, 4) is 0 Å². The Morgan fingerprint density at radius 2 is 1.90 bits per heavy atom. The normalized spacial score (nSPS) is 18.6. The Labute approximate surface area is 127 Å². The van der Waals surface area contributed by atoms with Crippen molar-refractivity contribution in [2.75, 3.05) is 27.2 Å². The Bertz CT molecular complexity index is 584. The molecule has 1 aromatic carbocycles. The summed E-state index contributed by atoms with van der Waals surface area (Å²) in [5.74, 6) is -0.456. The van der Waals surface area contributed by atoms with Crippen LogP contribution in [0.1, 0.15) is 12.8 Å².